The van der Waals surface area contributed by atoms with Gasteiger partial charge < -0.3 is 4.74 Å². The number of rotatable bonds is 6. The zero-order valence-electron chi connectivity index (χ0n) is 10.8. The fraction of sp³-hybridized carbons (Fsp3) is 0.571. The normalized spacial score (nSPS) is 10.6. The van der Waals surface area contributed by atoms with Gasteiger partial charge in [0, 0.05) is 10.4 Å². The highest BCUT2D eigenvalue weighted by atomic mass is 79.9. The van der Waals surface area contributed by atoms with Crippen molar-refractivity contribution >= 4 is 27.5 Å². The molecular formula is C14H20BrClO. The monoisotopic (exact) mass is 318 g/mol. The van der Waals surface area contributed by atoms with E-state index in [9.17, 15) is 0 Å². The van der Waals surface area contributed by atoms with Gasteiger partial charge in [-0.15, -0.1) is 0 Å². The quantitative estimate of drug-likeness (QED) is 0.665. The van der Waals surface area contributed by atoms with Crippen LogP contribution in [-0.2, 0) is 6.42 Å². The molecule has 0 spiro atoms. The lowest BCUT2D eigenvalue weighted by Gasteiger charge is -2.16. The summed E-state index contributed by atoms with van der Waals surface area (Å²) in [5, 5.41) is 1.88. The Morgan fingerprint density at radius 1 is 1.35 bits per heavy atom. The van der Waals surface area contributed by atoms with Gasteiger partial charge in [0.05, 0.1) is 6.61 Å². The molecule has 0 unspecified atom stereocenters. The highest BCUT2D eigenvalue weighted by Crippen LogP contribution is 2.32. The third-order valence-corrected chi connectivity index (χ3v) is 3.94. The summed E-state index contributed by atoms with van der Waals surface area (Å²) < 4.78 is 5.83. The zero-order chi connectivity index (χ0) is 12.8. The van der Waals surface area contributed by atoms with E-state index < -0.39 is 0 Å². The van der Waals surface area contributed by atoms with Crippen LogP contribution in [0.3, 0.4) is 0 Å². The summed E-state index contributed by atoms with van der Waals surface area (Å²) in [4.78, 5) is 0. The first-order valence-corrected chi connectivity index (χ1v) is 7.59. The molecule has 1 rings (SSSR count). The number of hydrogen-bond donors (Lipinski definition) is 0. The van der Waals surface area contributed by atoms with Crippen LogP contribution in [0.1, 0.15) is 36.5 Å². The molecule has 0 aromatic heterocycles. The molecule has 17 heavy (non-hydrogen) atoms. The predicted molar refractivity (Wildman–Crippen MR) is 78.8 cm³/mol. The molecule has 1 aromatic rings. The van der Waals surface area contributed by atoms with Gasteiger partial charge in [-0.2, -0.15) is 0 Å². The van der Waals surface area contributed by atoms with Crippen molar-refractivity contribution in [3.8, 4) is 5.75 Å². The summed E-state index contributed by atoms with van der Waals surface area (Å²) in [7, 11) is 0. The number of ether oxygens (including phenoxy) is 1. The maximum absolute atomic E-state index is 6.30. The molecule has 0 bridgehead atoms. The maximum atomic E-state index is 6.30. The summed E-state index contributed by atoms with van der Waals surface area (Å²) in [6.07, 6.45) is 3.14. The Morgan fingerprint density at radius 2 is 2.06 bits per heavy atom. The lowest BCUT2D eigenvalue weighted by atomic mass is 10.0. The van der Waals surface area contributed by atoms with Crippen molar-refractivity contribution in [2.45, 2.75) is 40.0 Å². The Labute approximate surface area is 118 Å². The molecule has 0 fully saturated rings. The summed E-state index contributed by atoms with van der Waals surface area (Å²) in [5.74, 6) is 1.01. The van der Waals surface area contributed by atoms with Crippen molar-refractivity contribution in [3.63, 3.8) is 0 Å². The second-order valence-corrected chi connectivity index (χ2v) is 5.42. The number of hydrogen-bond acceptors (Lipinski definition) is 1. The van der Waals surface area contributed by atoms with Crippen LogP contribution in [-0.4, -0.2) is 11.9 Å². The van der Waals surface area contributed by atoms with Gasteiger partial charge in [-0.1, -0.05) is 34.5 Å². The van der Waals surface area contributed by atoms with Crippen molar-refractivity contribution in [3.05, 3.63) is 27.8 Å². The summed E-state index contributed by atoms with van der Waals surface area (Å²) in [5.41, 5.74) is 3.52. The summed E-state index contributed by atoms with van der Waals surface area (Å²) >= 11 is 9.77. The maximum Gasteiger partial charge on any atom is 0.123 e. The summed E-state index contributed by atoms with van der Waals surface area (Å²) in [6.45, 7) is 7.00. The molecule has 1 aromatic carbocycles. The molecule has 3 heteroatoms. The Hall–Kier alpha value is -0.210. The topological polar surface area (TPSA) is 9.23 Å². The van der Waals surface area contributed by atoms with E-state index in [1.807, 2.05) is 6.92 Å². The Kier molecular flexibility index (Phi) is 6.35. The van der Waals surface area contributed by atoms with E-state index in [1.54, 1.807) is 0 Å². The average molecular weight is 320 g/mol. The highest BCUT2D eigenvalue weighted by Gasteiger charge is 2.12. The molecule has 0 aliphatic heterocycles. The van der Waals surface area contributed by atoms with Crippen molar-refractivity contribution < 1.29 is 4.74 Å². The largest absolute Gasteiger partial charge is 0.493 e. The Morgan fingerprint density at radius 3 is 2.65 bits per heavy atom. The molecule has 0 amide bonds. The minimum atomic E-state index is 0.766. The first-order valence-electron chi connectivity index (χ1n) is 6.09. The highest BCUT2D eigenvalue weighted by molar-refractivity contribution is 9.09. The van der Waals surface area contributed by atoms with Gasteiger partial charge in [0.25, 0.3) is 0 Å². The van der Waals surface area contributed by atoms with Crippen LogP contribution < -0.4 is 4.74 Å². The number of benzene rings is 1. The molecule has 0 N–H and O–H groups in total. The van der Waals surface area contributed by atoms with Crippen molar-refractivity contribution in [1.82, 2.24) is 0 Å². The van der Waals surface area contributed by atoms with Crippen molar-refractivity contribution in [2.75, 3.05) is 11.9 Å². The van der Waals surface area contributed by atoms with E-state index in [1.165, 1.54) is 11.1 Å². The molecule has 1 nitrogen and oxygen atoms in total. The van der Waals surface area contributed by atoms with Crippen molar-refractivity contribution in [1.29, 1.82) is 0 Å². The van der Waals surface area contributed by atoms with E-state index in [2.05, 4.69) is 35.8 Å². The lowest BCUT2D eigenvalue weighted by Crippen LogP contribution is -2.03. The minimum absolute atomic E-state index is 0.766. The van der Waals surface area contributed by atoms with E-state index in [-0.39, 0.29) is 0 Å². The molecular weight excluding hydrogens is 300 g/mol. The van der Waals surface area contributed by atoms with Gasteiger partial charge >= 0.3 is 0 Å². The van der Waals surface area contributed by atoms with Gasteiger partial charge in [0.1, 0.15) is 5.75 Å². The van der Waals surface area contributed by atoms with Crippen LogP contribution >= 0.6 is 27.5 Å². The van der Waals surface area contributed by atoms with Gasteiger partial charge in [-0.3, -0.25) is 0 Å². The molecule has 96 valence electrons. The molecule has 0 aliphatic rings. The van der Waals surface area contributed by atoms with Crippen LogP contribution in [0.5, 0.6) is 5.75 Å². The van der Waals surface area contributed by atoms with Crippen LogP contribution in [0.15, 0.2) is 6.07 Å². The fourth-order valence-corrected chi connectivity index (χ4v) is 2.30. The van der Waals surface area contributed by atoms with Gasteiger partial charge in [0.2, 0.25) is 0 Å². The molecule has 0 saturated carbocycles. The van der Waals surface area contributed by atoms with Gasteiger partial charge in [-0.25, -0.2) is 0 Å². The predicted octanol–water partition coefficient (Wildman–Crippen LogP) is 5.07. The number of halogens is 2. The number of aryl methyl sites for hydroxylation is 1. The average Bonchev–Trinajstić information content (AvgIpc) is 2.32. The minimum Gasteiger partial charge on any atom is -0.493 e. The molecule has 0 saturated heterocycles. The standard InChI is InChI=1S/C14H20BrClO/c1-4-8-17-13-9-10(2)14(16)11(3)12(13)6-5-7-15/h9H,4-8H2,1-3H3. The van der Waals surface area contributed by atoms with E-state index >= 15 is 0 Å². The molecule has 0 aliphatic carbocycles. The third kappa shape index (κ3) is 3.89. The van der Waals surface area contributed by atoms with E-state index in [0.29, 0.717) is 0 Å². The first-order chi connectivity index (χ1) is 8.11. The van der Waals surface area contributed by atoms with E-state index in [0.717, 1.165) is 47.5 Å². The molecule has 0 atom stereocenters. The van der Waals surface area contributed by atoms with Crippen molar-refractivity contribution in [2.24, 2.45) is 0 Å². The lowest BCUT2D eigenvalue weighted by molar-refractivity contribution is 0.313. The van der Waals surface area contributed by atoms with Gasteiger partial charge in [-0.05, 0) is 55.9 Å². The smallest absolute Gasteiger partial charge is 0.123 e. The second-order valence-electron chi connectivity index (χ2n) is 4.25. The van der Waals surface area contributed by atoms with Crippen LogP contribution in [0.25, 0.3) is 0 Å². The third-order valence-electron chi connectivity index (χ3n) is 2.80. The Bertz CT molecular complexity index is 377. The van der Waals surface area contributed by atoms with E-state index in [4.69, 9.17) is 16.3 Å². The SMILES string of the molecule is CCCOc1cc(C)c(Cl)c(C)c1CCCBr. The van der Waals surface area contributed by atoms with Crippen LogP contribution in [0.4, 0.5) is 0 Å². The van der Waals surface area contributed by atoms with Gasteiger partial charge in [0.15, 0.2) is 0 Å². The van der Waals surface area contributed by atoms with Crippen LogP contribution in [0.2, 0.25) is 5.02 Å². The zero-order valence-corrected chi connectivity index (χ0v) is 13.1. The number of alkyl halides is 1. The summed E-state index contributed by atoms with van der Waals surface area (Å²) in [6, 6.07) is 2.06. The second kappa shape index (κ2) is 7.27. The first kappa shape index (κ1) is 14.8. The molecule has 0 radical (unpaired) electrons. The Balaban J connectivity index is 3.06. The molecule has 0 heterocycles. The fourth-order valence-electron chi connectivity index (χ4n) is 1.86. The van der Waals surface area contributed by atoms with Crippen LogP contribution in [0, 0.1) is 13.8 Å².